The Morgan fingerprint density at radius 2 is 1.75 bits per heavy atom. The molecule has 0 saturated heterocycles. The van der Waals surface area contributed by atoms with Gasteiger partial charge in [0.05, 0.1) is 10.6 Å². The number of hydrogen-bond acceptors (Lipinski definition) is 1. The molecule has 0 unspecified atom stereocenters. The Morgan fingerprint density at radius 3 is 2.40 bits per heavy atom. The zero-order chi connectivity index (χ0) is 14.3. The zero-order valence-electron chi connectivity index (χ0n) is 10.0. The third-order valence-electron chi connectivity index (χ3n) is 3.03. The Kier molecular flexibility index (Phi) is 2.94. The lowest BCUT2D eigenvalue weighted by Gasteiger charge is -2.07. The van der Waals surface area contributed by atoms with E-state index in [4.69, 9.17) is 11.6 Å². The second-order valence-corrected chi connectivity index (χ2v) is 4.74. The summed E-state index contributed by atoms with van der Waals surface area (Å²) in [5.41, 5.74) is 1.35. The first-order valence-electron chi connectivity index (χ1n) is 5.75. The fourth-order valence-electron chi connectivity index (χ4n) is 1.98. The van der Waals surface area contributed by atoms with E-state index in [1.54, 1.807) is 18.5 Å². The van der Waals surface area contributed by atoms with Crippen LogP contribution in [0.15, 0.2) is 42.7 Å². The first-order valence-corrected chi connectivity index (χ1v) is 6.13. The summed E-state index contributed by atoms with van der Waals surface area (Å²) < 4.78 is 37.5. The van der Waals surface area contributed by atoms with Crippen molar-refractivity contribution < 1.29 is 13.2 Å². The molecule has 6 heteroatoms. The van der Waals surface area contributed by atoms with Gasteiger partial charge in [-0.3, -0.25) is 0 Å². The summed E-state index contributed by atoms with van der Waals surface area (Å²) in [6.07, 6.45) is -1.11. The highest BCUT2D eigenvalue weighted by Gasteiger charge is 2.29. The Labute approximate surface area is 117 Å². The number of nitrogens with one attached hydrogen (secondary N) is 1. The molecule has 0 aliphatic heterocycles. The summed E-state index contributed by atoms with van der Waals surface area (Å²) in [5, 5.41) is 1.27. The Morgan fingerprint density at radius 1 is 1.05 bits per heavy atom. The Bertz CT molecular complexity index is 760. The molecule has 0 aliphatic carbocycles. The monoisotopic (exact) mass is 296 g/mol. The van der Waals surface area contributed by atoms with Crippen molar-refractivity contribution in [2.45, 2.75) is 6.18 Å². The van der Waals surface area contributed by atoms with E-state index in [-0.39, 0.29) is 0 Å². The van der Waals surface area contributed by atoms with Crippen LogP contribution in [0.4, 0.5) is 13.2 Å². The molecule has 2 heterocycles. The number of benzene rings is 1. The molecule has 3 aromatic rings. The van der Waals surface area contributed by atoms with Gasteiger partial charge in [-0.2, -0.15) is 13.2 Å². The van der Waals surface area contributed by atoms with Crippen molar-refractivity contribution >= 4 is 22.6 Å². The molecule has 2 aromatic heterocycles. The van der Waals surface area contributed by atoms with Gasteiger partial charge in [0.1, 0.15) is 5.65 Å². The lowest BCUT2D eigenvalue weighted by molar-refractivity contribution is -0.137. The van der Waals surface area contributed by atoms with Crippen molar-refractivity contribution in [3.8, 4) is 11.1 Å². The number of rotatable bonds is 1. The number of H-pyrrole nitrogens is 1. The highest BCUT2D eigenvalue weighted by molar-refractivity contribution is 6.35. The van der Waals surface area contributed by atoms with Gasteiger partial charge in [-0.15, -0.1) is 0 Å². The molecular formula is C14H8ClF3N2. The third kappa shape index (κ3) is 2.25. The molecule has 1 N–H and O–H groups in total. The predicted octanol–water partition coefficient (Wildman–Crippen LogP) is 4.90. The number of aromatic nitrogens is 2. The molecule has 0 fully saturated rings. The number of pyridine rings is 1. The smallest absolute Gasteiger partial charge is 0.345 e. The molecule has 0 radical (unpaired) electrons. The summed E-state index contributed by atoms with van der Waals surface area (Å²) in [5.74, 6) is 0. The number of nitrogens with zero attached hydrogens (tertiary/aromatic N) is 1. The van der Waals surface area contributed by atoms with Crippen molar-refractivity contribution in [3.63, 3.8) is 0 Å². The van der Waals surface area contributed by atoms with Crippen LogP contribution >= 0.6 is 11.6 Å². The molecule has 0 aliphatic rings. The minimum atomic E-state index is -4.33. The second kappa shape index (κ2) is 4.52. The maximum atomic E-state index is 12.5. The zero-order valence-corrected chi connectivity index (χ0v) is 10.8. The second-order valence-electron chi connectivity index (χ2n) is 4.33. The summed E-state index contributed by atoms with van der Waals surface area (Å²) >= 11 is 6.00. The van der Waals surface area contributed by atoms with E-state index < -0.39 is 11.7 Å². The van der Waals surface area contributed by atoms with Crippen LogP contribution in [0.1, 0.15) is 5.56 Å². The van der Waals surface area contributed by atoms with E-state index in [1.165, 1.54) is 12.1 Å². The lowest BCUT2D eigenvalue weighted by atomic mass is 10.0. The van der Waals surface area contributed by atoms with Gasteiger partial charge in [-0.25, -0.2) is 4.98 Å². The topological polar surface area (TPSA) is 28.7 Å². The number of halogens is 4. The molecule has 0 bridgehead atoms. The first-order chi connectivity index (χ1) is 9.45. The summed E-state index contributed by atoms with van der Waals surface area (Å²) in [4.78, 5) is 7.09. The molecule has 102 valence electrons. The van der Waals surface area contributed by atoms with Crippen LogP contribution in [0.25, 0.3) is 22.2 Å². The third-order valence-corrected chi connectivity index (χ3v) is 3.34. The van der Waals surface area contributed by atoms with Crippen LogP contribution in [0.2, 0.25) is 5.02 Å². The van der Waals surface area contributed by atoms with E-state index in [0.29, 0.717) is 21.8 Å². The molecule has 0 atom stereocenters. The van der Waals surface area contributed by atoms with Crippen LogP contribution in [0, 0.1) is 0 Å². The van der Waals surface area contributed by atoms with Crippen molar-refractivity contribution in [2.24, 2.45) is 0 Å². The molecule has 3 rings (SSSR count). The highest BCUT2D eigenvalue weighted by atomic mass is 35.5. The quantitative estimate of drug-likeness (QED) is 0.679. The van der Waals surface area contributed by atoms with Crippen LogP contribution in [-0.4, -0.2) is 9.97 Å². The fourth-order valence-corrected chi connectivity index (χ4v) is 2.18. The van der Waals surface area contributed by atoms with Gasteiger partial charge in [0.25, 0.3) is 0 Å². The van der Waals surface area contributed by atoms with Crippen molar-refractivity contribution in [3.05, 3.63) is 53.3 Å². The first kappa shape index (κ1) is 13.0. The summed E-state index contributed by atoms with van der Waals surface area (Å²) in [7, 11) is 0. The molecule has 0 saturated carbocycles. The van der Waals surface area contributed by atoms with Gasteiger partial charge in [-0.1, -0.05) is 23.7 Å². The molecule has 2 nitrogen and oxygen atoms in total. The van der Waals surface area contributed by atoms with Gasteiger partial charge < -0.3 is 4.98 Å². The number of alkyl halides is 3. The van der Waals surface area contributed by atoms with E-state index in [1.807, 2.05) is 0 Å². The van der Waals surface area contributed by atoms with Crippen LogP contribution in [0.5, 0.6) is 0 Å². The lowest BCUT2D eigenvalue weighted by Crippen LogP contribution is -2.03. The largest absolute Gasteiger partial charge is 0.416 e. The number of aromatic amines is 1. The molecule has 0 amide bonds. The SMILES string of the molecule is FC(F)(F)c1ccc(-c2cnc3[nH]cc(Cl)c3c2)cc1. The number of hydrogen-bond donors (Lipinski definition) is 1. The van der Waals surface area contributed by atoms with E-state index in [2.05, 4.69) is 9.97 Å². The van der Waals surface area contributed by atoms with Crippen LogP contribution < -0.4 is 0 Å². The minimum absolute atomic E-state index is 0.529. The van der Waals surface area contributed by atoms with E-state index in [9.17, 15) is 13.2 Å². The van der Waals surface area contributed by atoms with Gasteiger partial charge in [-0.05, 0) is 23.8 Å². The molecule has 0 spiro atoms. The van der Waals surface area contributed by atoms with Crippen molar-refractivity contribution in [2.75, 3.05) is 0 Å². The van der Waals surface area contributed by atoms with E-state index in [0.717, 1.165) is 17.5 Å². The van der Waals surface area contributed by atoms with Gasteiger partial charge in [0.2, 0.25) is 0 Å². The maximum absolute atomic E-state index is 12.5. The normalized spacial score (nSPS) is 12.0. The average molecular weight is 297 g/mol. The van der Waals surface area contributed by atoms with Gasteiger partial charge in [0.15, 0.2) is 0 Å². The van der Waals surface area contributed by atoms with E-state index >= 15 is 0 Å². The fraction of sp³-hybridized carbons (Fsp3) is 0.0714. The minimum Gasteiger partial charge on any atom is -0.345 e. The number of fused-ring (bicyclic) bond motifs is 1. The van der Waals surface area contributed by atoms with Crippen LogP contribution in [0.3, 0.4) is 0 Å². The standard InChI is InChI=1S/C14H8ClF3N2/c15-12-7-20-13-11(12)5-9(6-19-13)8-1-3-10(4-2-8)14(16,17)18/h1-7H,(H,19,20). The molecular weight excluding hydrogens is 289 g/mol. The maximum Gasteiger partial charge on any atom is 0.416 e. The van der Waals surface area contributed by atoms with Crippen molar-refractivity contribution in [1.29, 1.82) is 0 Å². The van der Waals surface area contributed by atoms with Gasteiger partial charge in [0, 0.05) is 23.3 Å². The Hall–Kier alpha value is -2.01. The molecule has 20 heavy (non-hydrogen) atoms. The van der Waals surface area contributed by atoms with Crippen LogP contribution in [-0.2, 0) is 6.18 Å². The van der Waals surface area contributed by atoms with Crippen molar-refractivity contribution in [1.82, 2.24) is 9.97 Å². The highest BCUT2D eigenvalue weighted by Crippen LogP contribution is 2.32. The molecule has 1 aromatic carbocycles. The Balaban J connectivity index is 2.04. The summed E-state index contributed by atoms with van der Waals surface area (Å²) in [6.45, 7) is 0. The predicted molar refractivity (Wildman–Crippen MR) is 71.5 cm³/mol. The van der Waals surface area contributed by atoms with Gasteiger partial charge >= 0.3 is 6.18 Å². The summed E-state index contributed by atoms with van der Waals surface area (Å²) in [6, 6.07) is 6.75. The average Bonchev–Trinajstić information content (AvgIpc) is 2.79.